The number of benzene rings is 1. The van der Waals surface area contributed by atoms with Crippen molar-refractivity contribution in [3.05, 3.63) is 29.1 Å². The summed E-state index contributed by atoms with van der Waals surface area (Å²) in [7, 11) is -1.50. The average Bonchev–Trinajstić information content (AvgIpc) is 2.46. The molecule has 0 amide bonds. The van der Waals surface area contributed by atoms with Crippen molar-refractivity contribution in [1.82, 2.24) is 14.5 Å². The highest BCUT2D eigenvalue weighted by molar-refractivity contribution is 7.89. The molecule has 1 aromatic carbocycles. The van der Waals surface area contributed by atoms with Crippen LogP contribution in [0.1, 0.15) is 11.1 Å². The minimum absolute atomic E-state index is 0.127. The van der Waals surface area contributed by atoms with Crippen molar-refractivity contribution in [3.8, 4) is 0 Å². The Labute approximate surface area is 132 Å². The molecular formula is C15H24FN3O2S. The Morgan fingerprint density at radius 3 is 2.23 bits per heavy atom. The van der Waals surface area contributed by atoms with Gasteiger partial charge in [0.05, 0.1) is 4.90 Å². The van der Waals surface area contributed by atoms with Crippen LogP contribution in [-0.4, -0.2) is 64.5 Å². The Hall–Kier alpha value is -1.02. The van der Waals surface area contributed by atoms with Crippen LogP contribution in [0.4, 0.5) is 4.39 Å². The first-order valence-corrected chi connectivity index (χ1v) is 8.95. The van der Waals surface area contributed by atoms with E-state index >= 15 is 0 Å². The number of aryl methyl sites for hydroxylation is 2. The summed E-state index contributed by atoms with van der Waals surface area (Å²) in [5.74, 6) is -0.351. The number of hydrogen-bond acceptors (Lipinski definition) is 4. The fourth-order valence-electron chi connectivity index (χ4n) is 2.55. The number of likely N-dealkylation sites (N-methyl/N-ethyl adjacent to an activating group) is 1. The molecule has 1 fully saturated rings. The van der Waals surface area contributed by atoms with Crippen LogP contribution in [-0.2, 0) is 10.0 Å². The zero-order valence-electron chi connectivity index (χ0n) is 13.4. The number of piperazine rings is 1. The van der Waals surface area contributed by atoms with Gasteiger partial charge in [0.2, 0.25) is 10.0 Å². The molecule has 1 heterocycles. The van der Waals surface area contributed by atoms with E-state index in [1.165, 1.54) is 12.1 Å². The Bertz CT molecular complexity index is 603. The van der Waals surface area contributed by atoms with E-state index < -0.39 is 10.0 Å². The third-order valence-electron chi connectivity index (χ3n) is 4.04. The van der Waals surface area contributed by atoms with Crippen molar-refractivity contribution in [2.75, 3.05) is 46.3 Å². The van der Waals surface area contributed by atoms with Crippen molar-refractivity contribution in [3.63, 3.8) is 0 Å². The van der Waals surface area contributed by atoms with E-state index in [0.29, 0.717) is 24.2 Å². The summed E-state index contributed by atoms with van der Waals surface area (Å²) >= 11 is 0. The molecule has 0 bridgehead atoms. The lowest BCUT2D eigenvalue weighted by Crippen LogP contribution is -2.46. The van der Waals surface area contributed by atoms with Crippen molar-refractivity contribution in [1.29, 1.82) is 0 Å². The first-order chi connectivity index (χ1) is 10.3. The van der Waals surface area contributed by atoms with Gasteiger partial charge in [-0.2, -0.15) is 0 Å². The highest BCUT2D eigenvalue weighted by atomic mass is 32.2. The van der Waals surface area contributed by atoms with Crippen molar-refractivity contribution in [2.24, 2.45) is 0 Å². The fraction of sp³-hybridized carbons (Fsp3) is 0.600. The lowest BCUT2D eigenvalue weighted by molar-refractivity contribution is 0.156. The molecule has 0 radical (unpaired) electrons. The molecule has 1 N–H and O–H groups in total. The van der Waals surface area contributed by atoms with Gasteiger partial charge in [-0.05, 0) is 44.2 Å². The van der Waals surface area contributed by atoms with Gasteiger partial charge in [0, 0.05) is 39.3 Å². The predicted molar refractivity (Wildman–Crippen MR) is 85.0 cm³/mol. The van der Waals surface area contributed by atoms with Crippen LogP contribution < -0.4 is 4.72 Å². The number of nitrogens with one attached hydrogen (secondary N) is 1. The van der Waals surface area contributed by atoms with Gasteiger partial charge in [-0.15, -0.1) is 0 Å². The normalized spacial score (nSPS) is 17.8. The molecule has 1 aromatic rings. The second-order valence-corrected chi connectivity index (χ2v) is 7.68. The Morgan fingerprint density at radius 1 is 1.14 bits per heavy atom. The fourth-order valence-corrected chi connectivity index (χ4v) is 3.74. The molecule has 5 nitrogen and oxygen atoms in total. The number of hydrogen-bond donors (Lipinski definition) is 1. The van der Waals surface area contributed by atoms with E-state index in [1.807, 2.05) is 0 Å². The van der Waals surface area contributed by atoms with Gasteiger partial charge in [0.15, 0.2) is 0 Å². The quantitative estimate of drug-likeness (QED) is 0.875. The van der Waals surface area contributed by atoms with Gasteiger partial charge in [0.1, 0.15) is 5.82 Å². The lowest BCUT2D eigenvalue weighted by atomic mass is 10.1. The zero-order valence-corrected chi connectivity index (χ0v) is 14.2. The van der Waals surface area contributed by atoms with Gasteiger partial charge >= 0.3 is 0 Å². The van der Waals surface area contributed by atoms with Crippen molar-refractivity contribution in [2.45, 2.75) is 18.7 Å². The number of sulfonamides is 1. The minimum Gasteiger partial charge on any atom is -0.304 e. The average molecular weight is 329 g/mol. The van der Waals surface area contributed by atoms with Crippen molar-refractivity contribution >= 4 is 10.0 Å². The molecule has 22 heavy (non-hydrogen) atoms. The highest BCUT2D eigenvalue weighted by Crippen LogP contribution is 2.18. The molecule has 1 saturated heterocycles. The zero-order chi connectivity index (χ0) is 16.3. The van der Waals surface area contributed by atoms with Crippen LogP contribution in [0.25, 0.3) is 0 Å². The molecule has 1 aliphatic rings. The van der Waals surface area contributed by atoms with Gasteiger partial charge in [0.25, 0.3) is 0 Å². The maximum atomic E-state index is 13.6. The minimum atomic E-state index is -3.59. The van der Waals surface area contributed by atoms with Gasteiger partial charge in [-0.3, -0.25) is 4.90 Å². The molecule has 0 aromatic heterocycles. The number of halogens is 1. The Kier molecular flexibility index (Phi) is 5.55. The highest BCUT2D eigenvalue weighted by Gasteiger charge is 2.18. The number of nitrogens with zero attached hydrogens (tertiary/aromatic N) is 2. The van der Waals surface area contributed by atoms with Gasteiger partial charge in [-0.25, -0.2) is 17.5 Å². The first-order valence-electron chi connectivity index (χ1n) is 7.47. The summed E-state index contributed by atoms with van der Waals surface area (Å²) in [4.78, 5) is 4.62. The molecule has 0 atom stereocenters. The third-order valence-corrected chi connectivity index (χ3v) is 5.48. The van der Waals surface area contributed by atoms with Crippen LogP contribution in [0, 0.1) is 19.7 Å². The largest absolute Gasteiger partial charge is 0.304 e. The number of rotatable bonds is 5. The smallest absolute Gasteiger partial charge is 0.240 e. The maximum absolute atomic E-state index is 13.6. The lowest BCUT2D eigenvalue weighted by Gasteiger charge is -2.32. The van der Waals surface area contributed by atoms with E-state index in [-0.39, 0.29) is 10.7 Å². The molecule has 0 saturated carbocycles. The molecule has 0 aliphatic carbocycles. The van der Waals surface area contributed by atoms with Gasteiger partial charge < -0.3 is 4.90 Å². The maximum Gasteiger partial charge on any atom is 0.240 e. The van der Waals surface area contributed by atoms with E-state index in [1.54, 1.807) is 13.8 Å². The monoisotopic (exact) mass is 329 g/mol. The van der Waals surface area contributed by atoms with Crippen molar-refractivity contribution < 1.29 is 12.8 Å². The molecule has 1 aliphatic heterocycles. The Morgan fingerprint density at radius 2 is 1.68 bits per heavy atom. The summed E-state index contributed by atoms with van der Waals surface area (Å²) in [5, 5.41) is 0. The van der Waals surface area contributed by atoms with Crippen LogP contribution >= 0.6 is 0 Å². The summed E-state index contributed by atoms with van der Waals surface area (Å²) in [5.41, 5.74) is 0.693. The summed E-state index contributed by atoms with van der Waals surface area (Å²) < 4.78 is 40.8. The molecule has 0 spiro atoms. The molecule has 2 rings (SSSR count). The molecule has 0 unspecified atom stereocenters. The standard InChI is InChI=1S/C15H24FN3O2S/c1-12-10-14(11-13(2)15(12)16)22(20,21)17-4-5-19-8-6-18(3)7-9-19/h10-11,17H,4-9H2,1-3H3. The van der Waals surface area contributed by atoms with Crippen LogP contribution in [0.15, 0.2) is 17.0 Å². The molecule has 7 heteroatoms. The van der Waals surface area contributed by atoms with Crippen LogP contribution in [0.2, 0.25) is 0 Å². The topological polar surface area (TPSA) is 52.7 Å². The SMILES string of the molecule is Cc1cc(S(=O)(=O)NCCN2CCN(C)CC2)cc(C)c1F. The van der Waals surface area contributed by atoms with E-state index in [2.05, 4.69) is 21.6 Å². The van der Waals surface area contributed by atoms with Crippen LogP contribution in [0.3, 0.4) is 0 Å². The van der Waals surface area contributed by atoms with Gasteiger partial charge in [-0.1, -0.05) is 0 Å². The predicted octanol–water partition coefficient (Wildman–Crippen LogP) is 0.968. The second kappa shape index (κ2) is 7.04. The summed E-state index contributed by atoms with van der Waals surface area (Å²) in [6.45, 7) is 8.11. The third kappa shape index (κ3) is 4.25. The summed E-state index contributed by atoms with van der Waals surface area (Å²) in [6.07, 6.45) is 0. The molecule has 124 valence electrons. The summed E-state index contributed by atoms with van der Waals surface area (Å²) in [6, 6.07) is 2.75. The first kappa shape index (κ1) is 17.3. The van der Waals surface area contributed by atoms with E-state index in [0.717, 1.165) is 26.2 Å². The Balaban J connectivity index is 1.94. The molecular weight excluding hydrogens is 305 g/mol. The van der Waals surface area contributed by atoms with Crippen LogP contribution in [0.5, 0.6) is 0 Å². The second-order valence-electron chi connectivity index (χ2n) is 5.91. The van der Waals surface area contributed by atoms with E-state index in [4.69, 9.17) is 0 Å². The van der Waals surface area contributed by atoms with E-state index in [9.17, 15) is 12.8 Å².